The van der Waals surface area contributed by atoms with Crippen molar-refractivity contribution in [2.75, 3.05) is 13.6 Å². The summed E-state index contributed by atoms with van der Waals surface area (Å²) < 4.78 is 0. The van der Waals surface area contributed by atoms with Crippen LogP contribution in [0.4, 0.5) is 0 Å². The summed E-state index contributed by atoms with van der Waals surface area (Å²) in [5.41, 5.74) is 7.63. The summed E-state index contributed by atoms with van der Waals surface area (Å²) in [5, 5.41) is 0. The fourth-order valence-electron chi connectivity index (χ4n) is 4.02. The van der Waals surface area contributed by atoms with Gasteiger partial charge in [0.25, 0.3) is 0 Å². The van der Waals surface area contributed by atoms with E-state index in [-0.39, 0.29) is 0 Å². The van der Waals surface area contributed by atoms with Gasteiger partial charge in [-0.3, -0.25) is 4.90 Å². The zero-order valence-corrected chi connectivity index (χ0v) is 12.7. The quantitative estimate of drug-likeness (QED) is 0.749. The Morgan fingerprint density at radius 1 is 0.952 bits per heavy atom. The van der Waals surface area contributed by atoms with E-state index in [1.54, 1.807) is 11.1 Å². The van der Waals surface area contributed by atoms with Crippen LogP contribution in [0.3, 0.4) is 0 Å². The van der Waals surface area contributed by atoms with Gasteiger partial charge in [0.1, 0.15) is 0 Å². The highest BCUT2D eigenvalue weighted by Crippen LogP contribution is 2.50. The molecule has 0 spiro atoms. The molecule has 0 aromatic heterocycles. The van der Waals surface area contributed by atoms with Crippen molar-refractivity contribution in [3.05, 3.63) is 76.9 Å². The first-order valence-corrected chi connectivity index (χ1v) is 7.85. The van der Waals surface area contributed by atoms with Crippen LogP contribution < -0.4 is 0 Å². The van der Waals surface area contributed by atoms with Crippen LogP contribution in [0.1, 0.15) is 36.0 Å². The highest BCUT2D eigenvalue weighted by Gasteiger charge is 2.37. The molecule has 2 aromatic rings. The summed E-state index contributed by atoms with van der Waals surface area (Å²) in [4.78, 5) is 2.49. The van der Waals surface area contributed by atoms with E-state index in [4.69, 9.17) is 0 Å². The Morgan fingerprint density at radius 3 is 2.48 bits per heavy atom. The SMILES string of the molecule is CC1C2=C(CCN1C)c1ccccc1C2c1ccccc1. The Hall–Kier alpha value is -1.86. The number of hydrogen-bond donors (Lipinski definition) is 0. The minimum Gasteiger partial charge on any atom is -0.300 e. The lowest BCUT2D eigenvalue weighted by atomic mass is 9.83. The Kier molecular flexibility index (Phi) is 2.97. The van der Waals surface area contributed by atoms with Crippen LogP contribution in [-0.4, -0.2) is 24.5 Å². The zero-order chi connectivity index (χ0) is 14.4. The van der Waals surface area contributed by atoms with Gasteiger partial charge < -0.3 is 0 Å². The largest absolute Gasteiger partial charge is 0.300 e. The van der Waals surface area contributed by atoms with Gasteiger partial charge in [-0.05, 0) is 48.2 Å². The zero-order valence-electron chi connectivity index (χ0n) is 12.7. The summed E-state index contributed by atoms with van der Waals surface area (Å²) in [6, 6.07) is 20.5. The van der Waals surface area contributed by atoms with E-state index >= 15 is 0 Å². The van der Waals surface area contributed by atoms with Gasteiger partial charge in [-0.25, -0.2) is 0 Å². The number of likely N-dealkylation sites (N-methyl/N-ethyl adjacent to an activating group) is 1. The lowest BCUT2D eigenvalue weighted by Crippen LogP contribution is -2.36. The van der Waals surface area contributed by atoms with Crippen LogP contribution >= 0.6 is 0 Å². The van der Waals surface area contributed by atoms with Crippen LogP contribution in [-0.2, 0) is 0 Å². The van der Waals surface area contributed by atoms with Gasteiger partial charge in [-0.15, -0.1) is 0 Å². The minimum atomic E-state index is 0.440. The standard InChI is InChI=1S/C20H21N/c1-14-19-18(12-13-21(14)2)16-10-6-7-11-17(16)20(19)15-8-4-3-5-9-15/h3-11,14,20H,12-13H2,1-2H3. The Balaban J connectivity index is 1.94. The topological polar surface area (TPSA) is 3.24 Å². The summed E-state index contributed by atoms with van der Waals surface area (Å²) in [5.74, 6) is 0.440. The van der Waals surface area contributed by atoms with Crippen LogP contribution in [0.25, 0.3) is 5.57 Å². The van der Waals surface area contributed by atoms with Crippen LogP contribution in [0.5, 0.6) is 0 Å². The molecular weight excluding hydrogens is 254 g/mol. The maximum absolute atomic E-state index is 2.49. The number of benzene rings is 2. The van der Waals surface area contributed by atoms with E-state index in [2.05, 4.69) is 73.5 Å². The number of hydrogen-bond acceptors (Lipinski definition) is 1. The Bertz CT molecular complexity index is 699. The van der Waals surface area contributed by atoms with Crippen molar-refractivity contribution in [1.29, 1.82) is 0 Å². The van der Waals surface area contributed by atoms with Gasteiger partial charge in [0.15, 0.2) is 0 Å². The van der Waals surface area contributed by atoms with Gasteiger partial charge in [0.05, 0.1) is 0 Å². The van der Waals surface area contributed by atoms with Crippen molar-refractivity contribution in [1.82, 2.24) is 4.90 Å². The summed E-state index contributed by atoms with van der Waals surface area (Å²) in [6.45, 7) is 3.52. The first-order chi connectivity index (χ1) is 10.3. The monoisotopic (exact) mass is 275 g/mol. The van der Waals surface area contributed by atoms with Crippen molar-refractivity contribution in [2.24, 2.45) is 0 Å². The van der Waals surface area contributed by atoms with Gasteiger partial charge >= 0.3 is 0 Å². The molecule has 106 valence electrons. The molecule has 0 N–H and O–H groups in total. The highest BCUT2D eigenvalue weighted by atomic mass is 15.1. The van der Waals surface area contributed by atoms with Crippen LogP contribution in [0, 0.1) is 0 Å². The smallest absolute Gasteiger partial charge is 0.0326 e. The second-order valence-corrected chi connectivity index (χ2v) is 6.27. The Morgan fingerprint density at radius 2 is 1.67 bits per heavy atom. The van der Waals surface area contributed by atoms with Crippen LogP contribution in [0.2, 0.25) is 0 Å². The number of rotatable bonds is 1. The van der Waals surface area contributed by atoms with Crippen molar-refractivity contribution < 1.29 is 0 Å². The molecule has 1 aliphatic carbocycles. The third-order valence-electron chi connectivity index (χ3n) is 5.22. The lowest BCUT2D eigenvalue weighted by molar-refractivity contribution is 0.278. The van der Waals surface area contributed by atoms with Crippen molar-refractivity contribution in [3.63, 3.8) is 0 Å². The molecule has 2 atom stereocenters. The van der Waals surface area contributed by atoms with Crippen LogP contribution in [0.15, 0.2) is 60.2 Å². The molecule has 0 amide bonds. The van der Waals surface area contributed by atoms with E-state index in [1.165, 1.54) is 23.1 Å². The van der Waals surface area contributed by atoms with Gasteiger partial charge in [-0.2, -0.15) is 0 Å². The molecule has 4 rings (SSSR count). The molecule has 0 radical (unpaired) electrons. The number of fused-ring (bicyclic) bond motifs is 2. The predicted molar refractivity (Wildman–Crippen MR) is 88.4 cm³/mol. The third kappa shape index (κ3) is 1.88. The molecule has 2 aliphatic rings. The molecule has 0 bridgehead atoms. The van der Waals surface area contributed by atoms with Gasteiger partial charge in [0, 0.05) is 18.5 Å². The molecule has 1 nitrogen and oxygen atoms in total. The first-order valence-electron chi connectivity index (χ1n) is 7.85. The summed E-state index contributed by atoms with van der Waals surface area (Å²) >= 11 is 0. The van der Waals surface area contributed by atoms with Crippen molar-refractivity contribution in [3.8, 4) is 0 Å². The molecule has 21 heavy (non-hydrogen) atoms. The molecule has 2 aromatic carbocycles. The fourth-order valence-corrected chi connectivity index (χ4v) is 4.02. The molecule has 1 heteroatoms. The second kappa shape index (κ2) is 4.85. The summed E-state index contributed by atoms with van der Waals surface area (Å²) in [6.07, 6.45) is 1.18. The van der Waals surface area contributed by atoms with E-state index in [0.717, 1.165) is 6.54 Å². The van der Waals surface area contributed by atoms with E-state index in [0.29, 0.717) is 12.0 Å². The van der Waals surface area contributed by atoms with Crippen molar-refractivity contribution >= 4 is 5.57 Å². The maximum atomic E-state index is 2.49. The van der Waals surface area contributed by atoms with Gasteiger partial charge in [0.2, 0.25) is 0 Å². The van der Waals surface area contributed by atoms with E-state index in [9.17, 15) is 0 Å². The first kappa shape index (κ1) is 12.8. The maximum Gasteiger partial charge on any atom is 0.0326 e. The second-order valence-electron chi connectivity index (χ2n) is 6.27. The van der Waals surface area contributed by atoms with Crippen molar-refractivity contribution in [2.45, 2.75) is 25.3 Å². The lowest BCUT2D eigenvalue weighted by Gasteiger charge is -2.34. The average Bonchev–Trinajstić information content (AvgIpc) is 2.87. The average molecular weight is 275 g/mol. The highest BCUT2D eigenvalue weighted by molar-refractivity contribution is 5.81. The normalized spacial score (nSPS) is 24.9. The van der Waals surface area contributed by atoms with E-state index < -0.39 is 0 Å². The number of nitrogens with zero attached hydrogens (tertiary/aromatic N) is 1. The molecular formula is C20H21N. The fraction of sp³-hybridized carbons (Fsp3) is 0.300. The third-order valence-corrected chi connectivity index (χ3v) is 5.22. The minimum absolute atomic E-state index is 0.440. The molecule has 0 fully saturated rings. The molecule has 1 aliphatic heterocycles. The van der Waals surface area contributed by atoms with Gasteiger partial charge in [-0.1, -0.05) is 54.6 Å². The Labute approximate surface area is 126 Å². The predicted octanol–water partition coefficient (Wildman–Crippen LogP) is 4.31. The molecule has 0 saturated heterocycles. The molecule has 2 unspecified atom stereocenters. The van der Waals surface area contributed by atoms with E-state index in [1.807, 2.05) is 0 Å². The molecule has 1 heterocycles. The molecule has 0 saturated carbocycles. The summed E-state index contributed by atoms with van der Waals surface area (Å²) in [7, 11) is 2.25.